The van der Waals surface area contributed by atoms with E-state index in [9.17, 15) is 44.3 Å². The molecule has 0 unspecified atom stereocenters. The first-order chi connectivity index (χ1) is 14.5. The summed E-state index contributed by atoms with van der Waals surface area (Å²) in [5.41, 5.74) is -5.65. The molecule has 0 N–H and O–H groups in total. The highest BCUT2D eigenvalue weighted by Gasteiger charge is 2.38. The summed E-state index contributed by atoms with van der Waals surface area (Å²) in [5, 5.41) is 0. The Morgan fingerprint density at radius 3 is 1.75 bits per heavy atom. The normalized spacial score (nSPS) is 13.0. The fourth-order valence-corrected chi connectivity index (χ4v) is 3.52. The van der Waals surface area contributed by atoms with Crippen LogP contribution >= 0.6 is 22.6 Å². The van der Waals surface area contributed by atoms with Crippen molar-refractivity contribution < 1.29 is 43.9 Å². The monoisotopic (exact) mass is 581 g/mol. The molecule has 172 valence electrons. The zero-order valence-corrected chi connectivity index (χ0v) is 17.7. The molecule has 0 radical (unpaired) electrons. The van der Waals surface area contributed by atoms with Crippen LogP contribution in [0.4, 0.5) is 39.5 Å². The Labute approximate surface area is 186 Å². The topological polar surface area (TPSA) is 35.1 Å². The number of rotatable bonds is 2. The third-order valence-electron chi connectivity index (χ3n) is 4.40. The first-order valence-electron chi connectivity index (χ1n) is 8.39. The highest BCUT2D eigenvalue weighted by molar-refractivity contribution is 14.1. The lowest BCUT2D eigenvalue weighted by Crippen LogP contribution is -2.16. The molecule has 0 fully saturated rings. The largest absolute Gasteiger partial charge is 0.424 e. The Kier molecular flexibility index (Phi) is 5.93. The van der Waals surface area contributed by atoms with Crippen molar-refractivity contribution in [2.45, 2.75) is 25.5 Å². The molecule has 3 rings (SSSR count). The number of benzene rings is 2. The minimum Gasteiger partial charge on any atom is -0.407 e. The Bertz CT molecular complexity index is 1200. The van der Waals surface area contributed by atoms with Crippen molar-refractivity contribution in [1.82, 2.24) is 4.57 Å². The minimum atomic E-state index is -5.14. The predicted molar refractivity (Wildman–Crippen MR) is 102 cm³/mol. The molecule has 32 heavy (non-hydrogen) atoms. The number of hydrogen-bond donors (Lipinski definition) is 0. The molecule has 13 heteroatoms. The zero-order chi connectivity index (χ0) is 24.2. The molecular weight excluding hydrogens is 572 g/mol. The lowest BCUT2D eigenvalue weighted by molar-refractivity contribution is -0.143. The Hall–Kier alpha value is -2.45. The van der Waals surface area contributed by atoms with Crippen LogP contribution in [0.15, 0.2) is 45.6 Å². The molecule has 0 aliphatic heterocycles. The predicted octanol–water partition coefficient (Wildman–Crippen LogP) is 7.07. The van der Waals surface area contributed by atoms with Crippen molar-refractivity contribution in [3.63, 3.8) is 0 Å². The zero-order valence-electron chi connectivity index (χ0n) is 15.5. The van der Waals surface area contributed by atoms with Crippen molar-refractivity contribution in [2.75, 3.05) is 0 Å². The molecule has 0 spiro atoms. The van der Waals surface area contributed by atoms with Gasteiger partial charge in [0.05, 0.1) is 28.1 Å². The molecule has 0 bridgehead atoms. The van der Waals surface area contributed by atoms with Crippen LogP contribution in [0.5, 0.6) is 0 Å². The third-order valence-corrected chi connectivity index (χ3v) is 5.31. The highest BCUT2D eigenvalue weighted by atomic mass is 127. The summed E-state index contributed by atoms with van der Waals surface area (Å²) in [6, 6.07) is 3.08. The van der Waals surface area contributed by atoms with Gasteiger partial charge in [-0.3, -0.25) is 0 Å². The molecule has 0 saturated heterocycles. The van der Waals surface area contributed by atoms with Crippen molar-refractivity contribution in [1.29, 1.82) is 0 Å². The van der Waals surface area contributed by atoms with E-state index in [4.69, 9.17) is 4.42 Å². The van der Waals surface area contributed by atoms with E-state index in [1.54, 1.807) is 22.6 Å². The van der Waals surface area contributed by atoms with E-state index in [-0.39, 0.29) is 21.0 Å². The maximum Gasteiger partial charge on any atom is 0.424 e. The SMILES string of the molecule is Cc1c(-c2cc(C(F)(F)F)cc(C(F)(F)F)c2)oc(=O)n1-c1cc(C(F)(F)F)ccc1I. The molecule has 0 aliphatic rings. The van der Waals surface area contributed by atoms with Crippen LogP contribution in [0.1, 0.15) is 22.4 Å². The summed E-state index contributed by atoms with van der Waals surface area (Å²) in [6.07, 6.45) is -15.0. The number of alkyl halides is 9. The van der Waals surface area contributed by atoms with E-state index in [1.165, 1.54) is 0 Å². The lowest BCUT2D eigenvalue weighted by Gasteiger charge is -2.14. The van der Waals surface area contributed by atoms with Gasteiger partial charge in [0.1, 0.15) is 0 Å². The van der Waals surface area contributed by atoms with Gasteiger partial charge < -0.3 is 4.42 Å². The van der Waals surface area contributed by atoms with E-state index < -0.39 is 52.3 Å². The van der Waals surface area contributed by atoms with Crippen molar-refractivity contribution in [3.05, 3.63) is 72.9 Å². The maximum atomic E-state index is 13.1. The Balaban J connectivity index is 2.27. The summed E-state index contributed by atoms with van der Waals surface area (Å²) in [6.45, 7) is 1.13. The number of halogens is 10. The maximum absolute atomic E-state index is 13.1. The van der Waals surface area contributed by atoms with Crippen LogP contribution in [0, 0.1) is 10.5 Å². The summed E-state index contributed by atoms with van der Waals surface area (Å²) < 4.78 is 124. The van der Waals surface area contributed by atoms with Crippen LogP contribution in [0.2, 0.25) is 0 Å². The molecule has 3 aromatic rings. The first-order valence-corrected chi connectivity index (χ1v) is 9.47. The highest BCUT2D eigenvalue weighted by Crippen LogP contribution is 2.39. The minimum absolute atomic E-state index is 0.0936. The smallest absolute Gasteiger partial charge is 0.407 e. The Morgan fingerprint density at radius 2 is 1.28 bits per heavy atom. The molecule has 2 aromatic carbocycles. The van der Waals surface area contributed by atoms with Crippen LogP contribution < -0.4 is 5.76 Å². The molecule has 0 atom stereocenters. The second kappa shape index (κ2) is 7.85. The number of oxazole rings is 1. The van der Waals surface area contributed by atoms with Crippen molar-refractivity contribution in [2.24, 2.45) is 0 Å². The van der Waals surface area contributed by atoms with Crippen LogP contribution in [0.25, 0.3) is 17.0 Å². The van der Waals surface area contributed by atoms with Gasteiger partial charge in [0, 0.05) is 9.13 Å². The van der Waals surface area contributed by atoms with E-state index in [2.05, 4.69) is 0 Å². The summed E-state index contributed by atoms with van der Waals surface area (Å²) >= 11 is 1.63. The van der Waals surface area contributed by atoms with Gasteiger partial charge >= 0.3 is 24.3 Å². The van der Waals surface area contributed by atoms with Gasteiger partial charge in [0.2, 0.25) is 0 Å². The second-order valence-corrected chi connectivity index (χ2v) is 7.74. The van der Waals surface area contributed by atoms with Gasteiger partial charge in [-0.15, -0.1) is 0 Å². The number of aromatic nitrogens is 1. The number of nitrogens with zero attached hydrogens (tertiary/aromatic N) is 1. The van der Waals surface area contributed by atoms with Gasteiger partial charge in [0.15, 0.2) is 5.76 Å². The average Bonchev–Trinajstić information content (AvgIpc) is 2.94. The van der Waals surface area contributed by atoms with E-state index in [1.807, 2.05) is 0 Å². The van der Waals surface area contributed by atoms with Gasteiger partial charge in [-0.2, -0.15) is 39.5 Å². The summed E-state index contributed by atoms with van der Waals surface area (Å²) in [4.78, 5) is 12.4. The van der Waals surface area contributed by atoms with Crippen LogP contribution in [-0.2, 0) is 18.5 Å². The van der Waals surface area contributed by atoms with Gasteiger partial charge in [-0.25, -0.2) is 9.36 Å². The molecule has 0 amide bonds. The van der Waals surface area contributed by atoms with Crippen molar-refractivity contribution in [3.8, 4) is 17.0 Å². The standard InChI is InChI=1S/C19H9F9INO2/c1-8-15(9-4-11(18(23,24)25)6-12(5-9)19(26,27)28)32-16(31)30(8)14-7-10(17(20,21)22)2-3-13(14)29/h2-7H,1H3. The summed E-state index contributed by atoms with van der Waals surface area (Å²) in [7, 11) is 0. The molecular formula is C19H9F9INO2. The molecule has 3 nitrogen and oxygen atoms in total. The fourth-order valence-electron chi connectivity index (χ4n) is 2.94. The third kappa shape index (κ3) is 4.66. The number of hydrogen-bond acceptors (Lipinski definition) is 2. The van der Waals surface area contributed by atoms with Crippen LogP contribution in [-0.4, -0.2) is 4.57 Å². The van der Waals surface area contributed by atoms with Gasteiger partial charge in [0.25, 0.3) is 0 Å². The second-order valence-electron chi connectivity index (χ2n) is 6.58. The lowest BCUT2D eigenvalue weighted by atomic mass is 10.0. The molecule has 0 saturated carbocycles. The van der Waals surface area contributed by atoms with Gasteiger partial charge in [-0.05, 0) is 65.9 Å². The van der Waals surface area contributed by atoms with Crippen molar-refractivity contribution >= 4 is 22.6 Å². The first kappa shape index (κ1) is 24.2. The average molecular weight is 581 g/mol. The Morgan fingerprint density at radius 1 is 0.781 bits per heavy atom. The van der Waals surface area contributed by atoms with E-state index >= 15 is 0 Å². The van der Waals surface area contributed by atoms with E-state index in [0.717, 1.165) is 19.1 Å². The molecule has 0 aliphatic carbocycles. The molecule has 1 aromatic heterocycles. The fraction of sp³-hybridized carbons (Fsp3) is 0.211. The summed E-state index contributed by atoms with van der Waals surface area (Å²) in [5.74, 6) is -1.92. The van der Waals surface area contributed by atoms with Crippen LogP contribution in [0.3, 0.4) is 0 Å². The molecule has 1 heterocycles. The van der Waals surface area contributed by atoms with E-state index in [0.29, 0.717) is 22.8 Å². The van der Waals surface area contributed by atoms with Gasteiger partial charge in [-0.1, -0.05) is 0 Å². The quantitative estimate of drug-likeness (QED) is 0.240.